The van der Waals surface area contributed by atoms with Gasteiger partial charge in [0, 0.05) is 0 Å². The highest BCUT2D eigenvalue weighted by Crippen LogP contribution is 2.25. The summed E-state index contributed by atoms with van der Waals surface area (Å²) in [5, 5.41) is 0. The lowest BCUT2D eigenvalue weighted by Gasteiger charge is -2.10. The van der Waals surface area contributed by atoms with Gasteiger partial charge >= 0.3 is 0 Å². The summed E-state index contributed by atoms with van der Waals surface area (Å²) in [6, 6.07) is 8.49. The van der Waals surface area contributed by atoms with Crippen LogP contribution in [0.25, 0.3) is 11.1 Å². The van der Waals surface area contributed by atoms with Crippen LogP contribution in [0.2, 0.25) is 0 Å². The Balaban J connectivity index is 2.64. The molecule has 122 valence electrons. The van der Waals surface area contributed by atoms with Gasteiger partial charge in [0.15, 0.2) is 0 Å². The van der Waals surface area contributed by atoms with Crippen molar-refractivity contribution in [3.05, 3.63) is 58.7 Å². The SMILES string of the molecule is NC(=O)c1ccc(-c2ccc(C(N)=O)c(C(N)=O)c2)cc1C(N)=O. The van der Waals surface area contributed by atoms with Gasteiger partial charge in [-0.3, -0.25) is 19.2 Å². The fourth-order valence-electron chi connectivity index (χ4n) is 2.29. The number of carbonyl (C=O) groups is 4. The van der Waals surface area contributed by atoms with Gasteiger partial charge in [-0.15, -0.1) is 0 Å². The second-order valence-corrected chi connectivity index (χ2v) is 4.98. The first-order chi connectivity index (χ1) is 11.2. The van der Waals surface area contributed by atoms with E-state index in [-0.39, 0.29) is 22.3 Å². The molecule has 0 fully saturated rings. The van der Waals surface area contributed by atoms with Crippen molar-refractivity contribution in [1.82, 2.24) is 0 Å². The van der Waals surface area contributed by atoms with E-state index in [2.05, 4.69) is 0 Å². The zero-order chi connectivity index (χ0) is 18.0. The number of rotatable bonds is 5. The normalized spacial score (nSPS) is 10.2. The Morgan fingerprint density at radius 1 is 0.500 bits per heavy atom. The predicted octanol–water partition coefficient (Wildman–Crippen LogP) is -0.251. The van der Waals surface area contributed by atoms with E-state index in [4.69, 9.17) is 22.9 Å². The van der Waals surface area contributed by atoms with Crippen LogP contribution in [-0.4, -0.2) is 23.6 Å². The van der Waals surface area contributed by atoms with Crippen molar-refractivity contribution < 1.29 is 19.2 Å². The molecular formula is C16H14N4O4. The molecular weight excluding hydrogens is 312 g/mol. The maximum Gasteiger partial charge on any atom is 0.249 e. The van der Waals surface area contributed by atoms with E-state index in [0.29, 0.717) is 11.1 Å². The van der Waals surface area contributed by atoms with Crippen LogP contribution in [0, 0.1) is 0 Å². The van der Waals surface area contributed by atoms with Crippen LogP contribution in [0.1, 0.15) is 41.4 Å². The first-order valence-corrected chi connectivity index (χ1v) is 6.70. The van der Waals surface area contributed by atoms with Gasteiger partial charge in [-0.1, -0.05) is 12.1 Å². The Kier molecular flexibility index (Phi) is 4.32. The third-order valence-corrected chi connectivity index (χ3v) is 3.43. The van der Waals surface area contributed by atoms with Crippen LogP contribution in [0.15, 0.2) is 36.4 Å². The van der Waals surface area contributed by atoms with Gasteiger partial charge in [0.1, 0.15) is 0 Å². The Morgan fingerprint density at radius 3 is 1.04 bits per heavy atom. The van der Waals surface area contributed by atoms with E-state index in [0.717, 1.165) is 0 Å². The minimum absolute atomic E-state index is 0.0184. The molecule has 0 spiro atoms. The molecule has 0 bridgehead atoms. The van der Waals surface area contributed by atoms with E-state index in [9.17, 15) is 19.2 Å². The summed E-state index contributed by atoms with van der Waals surface area (Å²) in [5.41, 5.74) is 21.7. The summed E-state index contributed by atoms with van der Waals surface area (Å²) in [7, 11) is 0. The molecule has 8 nitrogen and oxygen atoms in total. The average Bonchev–Trinajstić information content (AvgIpc) is 2.53. The molecule has 0 radical (unpaired) electrons. The standard InChI is InChI=1S/C16H14N4O4/c17-13(21)9-3-1-7(5-11(9)15(19)23)8-2-4-10(14(18)22)12(6-8)16(20)24/h1-6H,(H2,17,21)(H2,18,22)(H2,19,23)(H2,20,24). The van der Waals surface area contributed by atoms with E-state index >= 15 is 0 Å². The molecule has 0 unspecified atom stereocenters. The molecule has 0 aliphatic heterocycles. The van der Waals surface area contributed by atoms with E-state index in [1.807, 2.05) is 0 Å². The maximum atomic E-state index is 11.5. The van der Waals surface area contributed by atoms with E-state index < -0.39 is 23.6 Å². The first kappa shape index (κ1) is 16.7. The van der Waals surface area contributed by atoms with Crippen LogP contribution in [-0.2, 0) is 0 Å². The zero-order valence-electron chi connectivity index (χ0n) is 12.4. The van der Waals surface area contributed by atoms with Crippen LogP contribution in [0.4, 0.5) is 0 Å². The average molecular weight is 326 g/mol. The third-order valence-electron chi connectivity index (χ3n) is 3.43. The Bertz CT molecular complexity index is 816. The highest BCUT2D eigenvalue weighted by atomic mass is 16.2. The molecule has 2 aromatic carbocycles. The number of carbonyl (C=O) groups excluding carboxylic acids is 4. The number of amides is 4. The minimum Gasteiger partial charge on any atom is -0.366 e. The van der Waals surface area contributed by atoms with Crippen LogP contribution < -0.4 is 22.9 Å². The van der Waals surface area contributed by atoms with Gasteiger partial charge < -0.3 is 22.9 Å². The summed E-state index contributed by atoms with van der Waals surface area (Å²) in [6.45, 7) is 0. The monoisotopic (exact) mass is 326 g/mol. The number of nitrogens with two attached hydrogens (primary N) is 4. The molecule has 0 atom stereocenters. The van der Waals surface area contributed by atoms with Gasteiger partial charge in [0.25, 0.3) is 0 Å². The number of hydrogen-bond acceptors (Lipinski definition) is 4. The van der Waals surface area contributed by atoms with Crippen molar-refractivity contribution in [1.29, 1.82) is 0 Å². The van der Waals surface area contributed by atoms with Crippen LogP contribution in [0.3, 0.4) is 0 Å². The fourth-order valence-corrected chi connectivity index (χ4v) is 2.29. The third kappa shape index (κ3) is 3.07. The zero-order valence-corrected chi connectivity index (χ0v) is 12.4. The Hall–Kier alpha value is -3.68. The van der Waals surface area contributed by atoms with Gasteiger partial charge in [0.05, 0.1) is 22.3 Å². The lowest BCUT2D eigenvalue weighted by atomic mass is 9.95. The molecule has 0 aliphatic rings. The fraction of sp³-hybridized carbons (Fsp3) is 0. The second kappa shape index (κ2) is 6.21. The quantitative estimate of drug-likeness (QED) is 0.593. The molecule has 0 aromatic heterocycles. The molecule has 0 saturated carbocycles. The highest BCUT2D eigenvalue weighted by molar-refractivity contribution is 6.08. The topological polar surface area (TPSA) is 172 Å². The van der Waals surface area contributed by atoms with Crippen molar-refractivity contribution >= 4 is 23.6 Å². The highest BCUT2D eigenvalue weighted by Gasteiger charge is 2.17. The van der Waals surface area contributed by atoms with Crippen molar-refractivity contribution in [2.24, 2.45) is 22.9 Å². The maximum absolute atomic E-state index is 11.5. The summed E-state index contributed by atoms with van der Waals surface area (Å²) in [5.74, 6) is -3.24. The van der Waals surface area contributed by atoms with Crippen molar-refractivity contribution in [2.75, 3.05) is 0 Å². The molecule has 8 N–H and O–H groups in total. The van der Waals surface area contributed by atoms with Crippen molar-refractivity contribution in [3.63, 3.8) is 0 Å². The van der Waals surface area contributed by atoms with E-state index in [1.54, 1.807) is 0 Å². The van der Waals surface area contributed by atoms with Gasteiger partial charge in [-0.25, -0.2) is 0 Å². The van der Waals surface area contributed by atoms with Gasteiger partial charge in [-0.2, -0.15) is 0 Å². The lowest BCUT2D eigenvalue weighted by Crippen LogP contribution is -2.21. The summed E-state index contributed by atoms with van der Waals surface area (Å²) >= 11 is 0. The lowest BCUT2D eigenvalue weighted by molar-refractivity contribution is 0.0967. The van der Waals surface area contributed by atoms with Crippen molar-refractivity contribution in [3.8, 4) is 11.1 Å². The molecule has 0 saturated heterocycles. The smallest absolute Gasteiger partial charge is 0.249 e. The van der Waals surface area contributed by atoms with Crippen molar-refractivity contribution in [2.45, 2.75) is 0 Å². The number of primary amides is 4. The largest absolute Gasteiger partial charge is 0.366 e. The van der Waals surface area contributed by atoms with Gasteiger partial charge in [-0.05, 0) is 35.4 Å². The summed E-state index contributed by atoms with van der Waals surface area (Å²) < 4.78 is 0. The number of benzene rings is 2. The molecule has 0 heterocycles. The van der Waals surface area contributed by atoms with Gasteiger partial charge in [0.2, 0.25) is 23.6 Å². The minimum atomic E-state index is -0.825. The first-order valence-electron chi connectivity index (χ1n) is 6.70. The summed E-state index contributed by atoms with van der Waals surface area (Å²) in [4.78, 5) is 45.7. The number of hydrogen-bond donors (Lipinski definition) is 4. The molecule has 8 heteroatoms. The van der Waals surface area contributed by atoms with Crippen LogP contribution >= 0.6 is 0 Å². The molecule has 24 heavy (non-hydrogen) atoms. The summed E-state index contributed by atoms with van der Waals surface area (Å²) in [6.07, 6.45) is 0. The molecule has 2 aromatic rings. The van der Waals surface area contributed by atoms with E-state index in [1.165, 1.54) is 36.4 Å². The molecule has 4 amide bonds. The second-order valence-electron chi connectivity index (χ2n) is 4.98. The van der Waals surface area contributed by atoms with Crippen LogP contribution in [0.5, 0.6) is 0 Å². The predicted molar refractivity (Wildman–Crippen MR) is 85.9 cm³/mol. The Morgan fingerprint density at radius 2 is 0.792 bits per heavy atom. The molecule has 2 rings (SSSR count). The molecule has 0 aliphatic carbocycles. The Labute approximate surface area is 136 Å².